The minimum absolute atomic E-state index is 0.0497. The Labute approximate surface area is 197 Å². The molecule has 3 heterocycles. The van der Waals surface area contributed by atoms with E-state index >= 15 is 0 Å². The normalized spacial score (nSPS) is 34.4. The monoisotopic (exact) mass is 488 g/mol. The summed E-state index contributed by atoms with van der Waals surface area (Å²) >= 11 is 8.79. The molecule has 10 heteroatoms. The molecule has 1 aromatic carbocycles. The van der Waals surface area contributed by atoms with Gasteiger partial charge in [-0.25, -0.2) is 0 Å². The van der Waals surface area contributed by atoms with Gasteiger partial charge in [0.05, 0.1) is 24.0 Å². The highest BCUT2D eigenvalue weighted by molar-refractivity contribution is 8.00. The summed E-state index contributed by atoms with van der Waals surface area (Å²) in [5, 5.41) is 10.4. The van der Waals surface area contributed by atoms with E-state index in [4.69, 9.17) is 17.0 Å². The van der Waals surface area contributed by atoms with Crippen LogP contribution in [0.2, 0.25) is 0 Å². The number of methoxy groups -OCH3 is 1. The van der Waals surface area contributed by atoms with Gasteiger partial charge in [-0.2, -0.15) is 0 Å². The first-order valence-corrected chi connectivity index (χ1v) is 12.6. The number of aromatic nitrogens is 1. The second-order valence-electron chi connectivity index (χ2n) is 8.89. The van der Waals surface area contributed by atoms with E-state index in [9.17, 15) is 19.5 Å². The molecule has 2 N–H and O–H groups in total. The largest absolute Gasteiger partial charge is 0.497 e. The molecule has 1 saturated heterocycles. The number of hydrogen-bond donors (Lipinski definition) is 2. The number of H-pyrrole nitrogens is 1. The molecule has 0 radical (unpaired) electrons. The Kier molecular flexibility index (Phi) is 4.58. The average Bonchev–Trinajstić information content (AvgIpc) is 3.49. The van der Waals surface area contributed by atoms with Gasteiger partial charge >= 0.3 is 5.97 Å². The second kappa shape index (κ2) is 7.16. The lowest BCUT2D eigenvalue weighted by atomic mass is 9.68. The third kappa shape index (κ3) is 2.72. The number of aromatic amines is 1. The molecule has 2 aliphatic carbocycles. The van der Waals surface area contributed by atoms with Crippen LogP contribution in [-0.2, 0) is 14.4 Å². The maximum Gasteiger partial charge on any atom is 0.323 e. The molecule has 2 amide bonds. The molecule has 2 aromatic rings. The Hall–Kier alpha value is -2.17. The van der Waals surface area contributed by atoms with Crippen molar-refractivity contribution in [1.82, 2.24) is 9.88 Å². The zero-order valence-electron chi connectivity index (χ0n) is 17.0. The van der Waals surface area contributed by atoms with Gasteiger partial charge in [-0.05, 0) is 54.1 Å². The molecule has 2 bridgehead atoms. The van der Waals surface area contributed by atoms with Gasteiger partial charge in [0.25, 0.3) is 0 Å². The van der Waals surface area contributed by atoms with E-state index in [0.717, 1.165) is 31.6 Å². The van der Waals surface area contributed by atoms with E-state index in [2.05, 4.69) is 17.1 Å². The number of carbonyl (C=O) groups is 3. The van der Waals surface area contributed by atoms with Crippen molar-refractivity contribution in [1.29, 1.82) is 0 Å². The molecule has 32 heavy (non-hydrogen) atoms. The van der Waals surface area contributed by atoms with Gasteiger partial charge in [0, 0.05) is 16.0 Å². The lowest BCUT2D eigenvalue weighted by Gasteiger charge is -2.43. The predicted molar refractivity (Wildman–Crippen MR) is 120 cm³/mol. The van der Waals surface area contributed by atoms with E-state index in [1.165, 1.54) is 4.88 Å². The number of benzene rings is 1. The van der Waals surface area contributed by atoms with Crippen molar-refractivity contribution in [3.05, 3.63) is 38.7 Å². The first kappa shape index (κ1) is 20.4. The highest BCUT2D eigenvalue weighted by Crippen LogP contribution is 2.68. The topological polar surface area (TPSA) is 99.7 Å². The summed E-state index contributed by atoms with van der Waals surface area (Å²) in [7, 11) is 1.64. The Morgan fingerprint density at radius 1 is 1.22 bits per heavy atom. The Balaban J connectivity index is 1.44. The summed E-state index contributed by atoms with van der Waals surface area (Å²) in [4.78, 5) is 43.0. The first-order chi connectivity index (χ1) is 15.4. The SMILES string of the molecule is COc1ccc([C@@H]2c3sc(=S)[nH]c3S[C@@H]3[C@H]4C[C@@H]([C@@H]5C(=O)N(CC(=O)O)C(=O)[C@@H]45)[C@H]23)cc1. The summed E-state index contributed by atoms with van der Waals surface area (Å²) in [6, 6.07) is 8.05. The van der Waals surface area contributed by atoms with Gasteiger partial charge in [-0.3, -0.25) is 19.3 Å². The minimum atomic E-state index is -1.16. The number of nitrogens with zero attached hydrogens (tertiary/aromatic N) is 1. The number of hydrogen-bond acceptors (Lipinski definition) is 7. The van der Waals surface area contributed by atoms with Crippen LogP contribution in [0.3, 0.4) is 0 Å². The number of aliphatic carboxylic acids is 1. The van der Waals surface area contributed by atoms with Crippen LogP contribution < -0.4 is 4.74 Å². The van der Waals surface area contributed by atoms with Crippen LogP contribution >= 0.6 is 35.3 Å². The fraction of sp³-hybridized carbons (Fsp3) is 0.455. The van der Waals surface area contributed by atoms with Crippen LogP contribution in [0.15, 0.2) is 29.3 Å². The number of carboxylic acids is 1. The number of imide groups is 1. The van der Waals surface area contributed by atoms with E-state index in [-0.39, 0.29) is 40.7 Å². The molecule has 0 unspecified atom stereocenters. The number of carboxylic acid groups (broad SMARTS) is 1. The summed E-state index contributed by atoms with van der Waals surface area (Å²) in [5.41, 5.74) is 1.15. The van der Waals surface area contributed by atoms with E-state index in [1.807, 2.05) is 12.1 Å². The number of ether oxygens (including phenoxy) is 1. The highest BCUT2D eigenvalue weighted by Gasteiger charge is 2.69. The number of likely N-dealkylation sites (tertiary alicyclic amines) is 1. The van der Waals surface area contributed by atoms with Crippen LogP contribution in [0, 0.1) is 33.5 Å². The first-order valence-electron chi connectivity index (χ1n) is 10.5. The minimum Gasteiger partial charge on any atom is -0.497 e. The van der Waals surface area contributed by atoms with Gasteiger partial charge in [0.1, 0.15) is 12.3 Å². The molecule has 7 nitrogen and oxygen atoms in total. The van der Waals surface area contributed by atoms with Crippen molar-refractivity contribution < 1.29 is 24.2 Å². The Bertz CT molecular complexity index is 1200. The number of fused-ring (bicyclic) bond motifs is 9. The number of rotatable bonds is 4. The van der Waals surface area contributed by atoms with E-state index in [1.54, 1.807) is 30.2 Å². The molecule has 3 fully saturated rings. The molecular weight excluding hydrogens is 468 g/mol. The molecular formula is C22H20N2O5S3. The summed E-state index contributed by atoms with van der Waals surface area (Å²) in [5.74, 6) is -1.42. The van der Waals surface area contributed by atoms with Crippen molar-refractivity contribution in [2.45, 2.75) is 22.6 Å². The van der Waals surface area contributed by atoms with Crippen molar-refractivity contribution in [2.24, 2.45) is 29.6 Å². The molecule has 6 rings (SSSR count). The third-order valence-corrected chi connectivity index (χ3v) is 10.5. The zero-order chi connectivity index (χ0) is 22.3. The van der Waals surface area contributed by atoms with Crippen LogP contribution in [0.1, 0.15) is 22.8 Å². The van der Waals surface area contributed by atoms with Gasteiger partial charge in [0.15, 0.2) is 3.95 Å². The van der Waals surface area contributed by atoms with Crippen LogP contribution in [-0.4, -0.2) is 51.7 Å². The number of carbonyl (C=O) groups excluding carboxylic acids is 2. The zero-order valence-corrected chi connectivity index (χ0v) is 19.5. The number of thioether (sulfide) groups is 1. The maximum absolute atomic E-state index is 13.2. The maximum atomic E-state index is 13.2. The molecule has 0 spiro atoms. The van der Waals surface area contributed by atoms with Gasteiger partial charge in [-0.15, -0.1) is 23.1 Å². The lowest BCUT2D eigenvalue weighted by Crippen LogP contribution is -2.42. The quantitative estimate of drug-likeness (QED) is 0.503. The second-order valence-corrected chi connectivity index (χ2v) is 11.8. The molecule has 4 aliphatic rings. The van der Waals surface area contributed by atoms with Crippen LogP contribution in [0.25, 0.3) is 0 Å². The third-order valence-electron chi connectivity index (χ3n) is 7.58. The van der Waals surface area contributed by atoms with E-state index < -0.39 is 24.3 Å². The molecule has 2 saturated carbocycles. The molecule has 1 aromatic heterocycles. The Morgan fingerprint density at radius 3 is 2.56 bits per heavy atom. The number of amides is 2. The standard InChI is InChI=1S/C22H20N2O5S3/c1-29-9-4-2-8(3-5-9)13-14-10-6-11(17(14)31-19-18(13)32-22(30)23-19)16-15(10)20(27)24(21(16)28)7-12(25)26/h2-5,10-11,13-17H,6-7H2,1H3,(H,23,30)(H,25,26)/t10-,11+,13+,14-,15+,16+,17-/m1/s1. The van der Waals surface area contributed by atoms with Crippen molar-refractivity contribution in [3.8, 4) is 5.75 Å². The van der Waals surface area contributed by atoms with Crippen LogP contribution in [0.4, 0.5) is 0 Å². The lowest BCUT2D eigenvalue weighted by molar-refractivity contribution is -0.149. The highest BCUT2D eigenvalue weighted by atomic mass is 32.2. The van der Waals surface area contributed by atoms with Gasteiger partial charge in [0.2, 0.25) is 11.8 Å². The van der Waals surface area contributed by atoms with Gasteiger partial charge < -0.3 is 14.8 Å². The van der Waals surface area contributed by atoms with Crippen LogP contribution in [0.5, 0.6) is 5.75 Å². The Morgan fingerprint density at radius 2 is 1.91 bits per heavy atom. The average molecular weight is 489 g/mol. The summed E-state index contributed by atoms with van der Waals surface area (Å²) < 4.78 is 6.06. The number of nitrogens with one attached hydrogen (secondary N) is 1. The summed E-state index contributed by atoms with van der Waals surface area (Å²) in [6.07, 6.45) is 0.832. The van der Waals surface area contributed by atoms with E-state index in [0.29, 0.717) is 0 Å². The van der Waals surface area contributed by atoms with Crippen molar-refractivity contribution in [3.63, 3.8) is 0 Å². The smallest absolute Gasteiger partial charge is 0.323 e. The summed E-state index contributed by atoms with van der Waals surface area (Å²) in [6.45, 7) is -0.547. The van der Waals surface area contributed by atoms with Crippen molar-refractivity contribution in [2.75, 3.05) is 13.7 Å². The van der Waals surface area contributed by atoms with Gasteiger partial charge in [-0.1, -0.05) is 12.1 Å². The molecule has 7 atom stereocenters. The fourth-order valence-corrected chi connectivity index (χ4v) is 9.89. The predicted octanol–water partition coefficient (Wildman–Crippen LogP) is 3.37. The molecule has 166 valence electrons. The fourth-order valence-electron chi connectivity index (χ4n) is 6.55. The number of thiazole rings is 1. The molecule has 2 aliphatic heterocycles. The van der Waals surface area contributed by atoms with Crippen molar-refractivity contribution >= 4 is 53.1 Å².